The van der Waals surface area contributed by atoms with Crippen LogP contribution >= 0.6 is 23.2 Å². The molecule has 3 rings (SSSR count). The Kier molecular flexibility index (Phi) is 10.0. The minimum atomic E-state index is -4.16. The van der Waals surface area contributed by atoms with Gasteiger partial charge in [-0.05, 0) is 67.9 Å². The fourth-order valence-corrected chi connectivity index (χ4v) is 5.49. The molecule has 1 unspecified atom stereocenters. The molecule has 2 amide bonds. The van der Waals surface area contributed by atoms with E-state index in [2.05, 4.69) is 5.32 Å². The van der Waals surface area contributed by atoms with Crippen LogP contribution in [0.15, 0.2) is 77.7 Å². The largest absolute Gasteiger partial charge is 0.494 e. The molecular weight excluding hydrogens is 549 g/mol. The minimum Gasteiger partial charge on any atom is -0.494 e. The van der Waals surface area contributed by atoms with Crippen LogP contribution in [0.3, 0.4) is 0 Å². The summed E-state index contributed by atoms with van der Waals surface area (Å²) in [6.07, 6.45) is 0. The molecule has 0 aliphatic heterocycles. The molecule has 0 bridgehead atoms. The molecule has 0 spiro atoms. The summed E-state index contributed by atoms with van der Waals surface area (Å²) in [5.74, 6) is -0.453. The van der Waals surface area contributed by atoms with Crippen molar-refractivity contribution in [3.63, 3.8) is 0 Å². The molecule has 0 radical (unpaired) electrons. The second kappa shape index (κ2) is 13.0. The van der Waals surface area contributed by atoms with Crippen molar-refractivity contribution >= 4 is 50.7 Å². The first-order chi connectivity index (χ1) is 18.1. The van der Waals surface area contributed by atoms with Gasteiger partial charge in [-0.3, -0.25) is 13.9 Å². The molecule has 3 aromatic rings. The Bertz CT molecular complexity index is 1370. The first kappa shape index (κ1) is 29.3. The molecule has 0 saturated carbocycles. The van der Waals surface area contributed by atoms with E-state index in [1.54, 1.807) is 67.6 Å². The van der Waals surface area contributed by atoms with E-state index in [0.717, 1.165) is 4.31 Å². The fourth-order valence-electron chi connectivity index (χ4n) is 3.75. The van der Waals surface area contributed by atoms with Crippen molar-refractivity contribution in [1.29, 1.82) is 0 Å². The first-order valence-electron chi connectivity index (χ1n) is 11.8. The number of nitrogens with zero attached hydrogens (tertiary/aromatic N) is 2. The number of hydrogen-bond acceptors (Lipinski definition) is 5. The summed E-state index contributed by atoms with van der Waals surface area (Å²) in [6.45, 7) is 3.31. The number of anilines is 1. The number of likely N-dealkylation sites (N-methyl/N-ethyl adjacent to an activating group) is 1. The molecule has 1 atom stereocenters. The Morgan fingerprint density at radius 3 is 2.21 bits per heavy atom. The zero-order valence-electron chi connectivity index (χ0n) is 21.2. The van der Waals surface area contributed by atoms with Crippen LogP contribution in [0.25, 0.3) is 0 Å². The van der Waals surface area contributed by atoms with Gasteiger partial charge in [0.1, 0.15) is 18.3 Å². The summed E-state index contributed by atoms with van der Waals surface area (Å²) < 4.78 is 34.0. The van der Waals surface area contributed by atoms with Gasteiger partial charge in [0, 0.05) is 13.6 Å². The van der Waals surface area contributed by atoms with Crippen molar-refractivity contribution in [3.05, 3.63) is 88.4 Å². The molecule has 0 saturated heterocycles. The molecule has 0 heterocycles. The lowest BCUT2D eigenvalue weighted by Gasteiger charge is -2.31. The molecule has 1 N–H and O–H groups in total. The van der Waals surface area contributed by atoms with Crippen LogP contribution in [0.1, 0.15) is 19.4 Å². The van der Waals surface area contributed by atoms with Crippen molar-refractivity contribution in [2.24, 2.45) is 0 Å². The van der Waals surface area contributed by atoms with Gasteiger partial charge in [-0.1, -0.05) is 47.5 Å². The zero-order valence-corrected chi connectivity index (χ0v) is 23.6. The summed E-state index contributed by atoms with van der Waals surface area (Å²) in [5.41, 5.74) is 0.931. The lowest BCUT2D eigenvalue weighted by Crippen LogP contribution is -2.50. The Morgan fingerprint density at radius 2 is 1.63 bits per heavy atom. The number of sulfonamides is 1. The number of amides is 2. The smallest absolute Gasteiger partial charge is 0.264 e. The predicted octanol–water partition coefficient (Wildman–Crippen LogP) is 4.75. The van der Waals surface area contributed by atoms with Gasteiger partial charge < -0.3 is 15.0 Å². The predicted molar refractivity (Wildman–Crippen MR) is 149 cm³/mol. The van der Waals surface area contributed by atoms with Crippen LogP contribution in [0.5, 0.6) is 5.75 Å². The molecule has 11 heteroatoms. The van der Waals surface area contributed by atoms with Crippen molar-refractivity contribution in [2.45, 2.75) is 31.3 Å². The minimum absolute atomic E-state index is 0.00649. The molecule has 8 nitrogen and oxygen atoms in total. The standard InChI is InChI=1S/C27H29Cl2N3O5S/c1-4-37-22-11-13-23(14-12-22)38(35,36)32(21-8-6-5-7-9-21)18-26(33)31(19(2)27(34)30-3)17-20-10-15-24(28)25(29)16-20/h5-16,19H,4,17-18H2,1-3H3,(H,30,34). The fraction of sp³-hybridized carbons (Fsp3) is 0.259. The highest BCUT2D eigenvalue weighted by Gasteiger charge is 2.32. The monoisotopic (exact) mass is 577 g/mol. The van der Waals surface area contributed by atoms with Crippen LogP contribution in [0.2, 0.25) is 10.0 Å². The normalized spacial score (nSPS) is 11.9. The molecule has 202 valence electrons. The van der Waals surface area contributed by atoms with E-state index in [4.69, 9.17) is 27.9 Å². The van der Waals surface area contributed by atoms with Gasteiger partial charge in [-0.2, -0.15) is 0 Å². The molecular formula is C27H29Cl2N3O5S. The zero-order chi connectivity index (χ0) is 27.9. The van der Waals surface area contributed by atoms with E-state index < -0.39 is 34.4 Å². The Balaban J connectivity index is 2.00. The van der Waals surface area contributed by atoms with E-state index in [1.807, 2.05) is 6.92 Å². The number of para-hydroxylation sites is 1. The van der Waals surface area contributed by atoms with Crippen LogP contribution in [0, 0.1) is 0 Å². The highest BCUT2D eigenvalue weighted by Crippen LogP contribution is 2.27. The Morgan fingerprint density at radius 1 is 0.974 bits per heavy atom. The SMILES string of the molecule is CCOc1ccc(S(=O)(=O)N(CC(=O)N(Cc2ccc(Cl)c(Cl)c2)C(C)C(=O)NC)c2ccccc2)cc1. The average molecular weight is 579 g/mol. The summed E-state index contributed by atoms with van der Waals surface area (Å²) in [7, 11) is -2.69. The maximum absolute atomic E-state index is 13.8. The van der Waals surface area contributed by atoms with Gasteiger partial charge in [0.2, 0.25) is 11.8 Å². The van der Waals surface area contributed by atoms with E-state index in [1.165, 1.54) is 24.1 Å². The number of rotatable bonds is 11. The second-order valence-electron chi connectivity index (χ2n) is 8.31. The Labute approximate surface area is 233 Å². The summed E-state index contributed by atoms with van der Waals surface area (Å²) in [4.78, 5) is 27.6. The molecule has 0 aliphatic rings. The van der Waals surface area contributed by atoms with Gasteiger partial charge >= 0.3 is 0 Å². The average Bonchev–Trinajstić information content (AvgIpc) is 2.92. The van der Waals surface area contributed by atoms with Crippen LogP contribution in [0.4, 0.5) is 5.69 Å². The molecule has 3 aromatic carbocycles. The highest BCUT2D eigenvalue weighted by molar-refractivity contribution is 7.92. The van der Waals surface area contributed by atoms with E-state index >= 15 is 0 Å². The highest BCUT2D eigenvalue weighted by atomic mass is 35.5. The molecule has 38 heavy (non-hydrogen) atoms. The number of carbonyl (C=O) groups is 2. The number of nitrogens with one attached hydrogen (secondary N) is 1. The lowest BCUT2D eigenvalue weighted by atomic mass is 10.1. The summed E-state index contributed by atoms with van der Waals surface area (Å²) in [6, 6.07) is 18.3. The molecule has 0 aromatic heterocycles. The first-order valence-corrected chi connectivity index (χ1v) is 14.0. The molecule has 0 fully saturated rings. The topological polar surface area (TPSA) is 96.0 Å². The van der Waals surface area contributed by atoms with Gasteiger partial charge in [0.25, 0.3) is 10.0 Å². The van der Waals surface area contributed by atoms with Crippen LogP contribution in [-0.4, -0.2) is 51.4 Å². The lowest BCUT2D eigenvalue weighted by molar-refractivity contribution is -0.139. The van der Waals surface area contributed by atoms with Crippen LogP contribution < -0.4 is 14.4 Å². The van der Waals surface area contributed by atoms with E-state index in [9.17, 15) is 18.0 Å². The van der Waals surface area contributed by atoms with Crippen LogP contribution in [-0.2, 0) is 26.2 Å². The number of carbonyl (C=O) groups excluding carboxylic acids is 2. The number of hydrogen-bond donors (Lipinski definition) is 1. The van der Waals surface area contributed by atoms with Gasteiger partial charge in [0.05, 0.1) is 27.2 Å². The number of ether oxygens (including phenoxy) is 1. The Hall–Kier alpha value is -3.27. The van der Waals surface area contributed by atoms with Crippen molar-refractivity contribution in [2.75, 3.05) is 24.5 Å². The van der Waals surface area contributed by atoms with Crippen molar-refractivity contribution < 1.29 is 22.7 Å². The summed E-state index contributed by atoms with van der Waals surface area (Å²) >= 11 is 12.2. The third-order valence-corrected chi connectivity index (χ3v) is 8.32. The number of halogens is 2. The number of benzene rings is 3. The third kappa shape index (κ3) is 6.98. The molecule has 0 aliphatic carbocycles. The van der Waals surface area contributed by atoms with Crippen molar-refractivity contribution in [1.82, 2.24) is 10.2 Å². The maximum Gasteiger partial charge on any atom is 0.264 e. The quantitative estimate of drug-likeness (QED) is 0.354. The third-order valence-electron chi connectivity index (χ3n) is 5.80. The van der Waals surface area contributed by atoms with E-state index in [0.29, 0.717) is 33.7 Å². The second-order valence-corrected chi connectivity index (χ2v) is 11.0. The van der Waals surface area contributed by atoms with E-state index in [-0.39, 0.29) is 11.4 Å². The van der Waals surface area contributed by atoms with Crippen molar-refractivity contribution in [3.8, 4) is 5.75 Å². The van der Waals surface area contributed by atoms with Gasteiger partial charge in [-0.15, -0.1) is 0 Å². The van der Waals surface area contributed by atoms with Gasteiger partial charge in [0.15, 0.2) is 0 Å². The summed E-state index contributed by atoms with van der Waals surface area (Å²) in [5, 5.41) is 3.19. The maximum atomic E-state index is 13.8. The van der Waals surface area contributed by atoms with Gasteiger partial charge in [-0.25, -0.2) is 8.42 Å².